The van der Waals surface area contributed by atoms with Gasteiger partial charge in [-0.05, 0) is 49.5 Å². The van der Waals surface area contributed by atoms with Crippen LogP contribution in [-0.4, -0.2) is 30.4 Å². The molecule has 132 valence electrons. The lowest BCUT2D eigenvalue weighted by Crippen LogP contribution is -2.40. The van der Waals surface area contributed by atoms with Crippen LogP contribution in [0.5, 0.6) is 0 Å². The predicted octanol–water partition coefficient (Wildman–Crippen LogP) is 4.28. The molecule has 1 aliphatic rings. The van der Waals surface area contributed by atoms with Crippen LogP contribution < -0.4 is 5.32 Å². The number of rotatable bonds is 6. The summed E-state index contributed by atoms with van der Waals surface area (Å²) in [4.78, 5) is 15.2. The molecule has 3 nitrogen and oxygen atoms in total. The molecule has 2 atom stereocenters. The molecule has 1 N–H and O–H groups in total. The summed E-state index contributed by atoms with van der Waals surface area (Å²) in [6.45, 7) is 5.63. The summed E-state index contributed by atoms with van der Waals surface area (Å²) < 4.78 is 0. The summed E-state index contributed by atoms with van der Waals surface area (Å²) in [5, 5.41) is 3.27. The maximum absolute atomic E-state index is 12.7. The van der Waals surface area contributed by atoms with E-state index in [4.69, 9.17) is 0 Å². The van der Waals surface area contributed by atoms with Gasteiger partial charge in [0.25, 0.3) is 5.91 Å². The molecule has 3 heteroatoms. The second-order valence-electron chi connectivity index (χ2n) is 7.07. The molecule has 2 aromatic carbocycles. The third kappa shape index (κ3) is 4.93. The fourth-order valence-electron chi connectivity index (χ4n) is 3.68. The molecule has 3 rings (SSSR count). The number of carbonyl (C=O) groups is 1. The van der Waals surface area contributed by atoms with E-state index < -0.39 is 0 Å². The van der Waals surface area contributed by atoms with Crippen LogP contribution >= 0.6 is 0 Å². The molecule has 0 aromatic heterocycles. The molecule has 1 saturated heterocycles. The van der Waals surface area contributed by atoms with Crippen LogP contribution in [0.3, 0.4) is 0 Å². The molecule has 1 amide bonds. The quantitative estimate of drug-likeness (QED) is 0.854. The standard InChI is InChI=1S/C22H28N2O/c1-18(17-24-15-9-4-10-16-24)21(19-11-5-2-6-12-19)23-22(25)20-13-7-3-8-14-20/h2-3,5-8,11-14,18,21H,4,9-10,15-17H2,1H3,(H,23,25)/t18-,21+/m0/s1. The lowest BCUT2D eigenvalue weighted by Gasteiger charge is -2.33. The molecule has 0 radical (unpaired) electrons. The minimum Gasteiger partial charge on any atom is -0.345 e. The molecule has 0 aliphatic carbocycles. The minimum absolute atomic E-state index is 0.0000489. The van der Waals surface area contributed by atoms with Gasteiger partial charge in [-0.25, -0.2) is 0 Å². The van der Waals surface area contributed by atoms with Crippen molar-refractivity contribution in [1.29, 1.82) is 0 Å². The van der Waals surface area contributed by atoms with Crippen molar-refractivity contribution in [2.45, 2.75) is 32.2 Å². The van der Waals surface area contributed by atoms with Crippen molar-refractivity contribution in [2.75, 3.05) is 19.6 Å². The molecule has 1 aliphatic heterocycles. The van der Waals surface area contributed by atoms with Crippen LogP contribution in [0.4, 0.5) is 0 Å². The van der Waals surface area contributed by atoms with Crippen LogP contribution in [-0.2, 0) is 0 Å². The van der Waals surface area contributed by atoms with E-state index >= 15 is 0 Å². The predicted molar refractivity (Wildman–Crippen MR) is 103 cm³/mol. The van der Waals surface area contributed by atoms with Gasteiger partial charge in [-0.1, -0.05) is 61.9 Å². The zero-order valence-electron chi connectivity index (χ0n) is 15.0. The molecule has 0 bridgehead atoms. The molecule has 0 saturated carbocycles. The Kier molecular flexibility index (Phi) is 6.24. The van der Waals surface area contributed by atoms with E-state index in [2.05, 4.69) is 29.3 Å². The third-order valence-corrected chi connectivity index (χ3v) is 5.05. The molecule has 0 spiro atoms. The van der Waals surface area contributed by atoms with Crippen molar-refractivity contribution < 1.29 is 4.79 Å². The lowest BCUT2D eigenvalue weighted by molar-refractivity contribution is 0.0910. The number of benzene rings is 2. The Morgan fingerprint density at radius 2 is 1.56 bits per heavy atom. The lowest BCUT2D eigenvalue weighted by atomic mass is 9.93. The highest BCUT2D eigenvalue weighted by Gasteiger charge is 2.24. The zero-order valence-corrected chi connectivity index (χ0v) is 15.0. The highest BCUT2D eigenvalue weighted by atomic mass is 16.1. The zero-order chi connectivity index (χ0) is 17.5. The number of hydrogen-bond acceptors (Lipinski definition) is 2. The second kappa shape index (κ2) is 8.82. The topological polar surface area (TPSA) is 32.3 Å². The van der Waals surface area contributed by atoms with Crippen molar-refractivity contribution in [3.63, 3.8) is 0 Å². The number of likely N-dealkylation sites (tertiary alicyclic amines) is 1. The summed E-state index contributed by atoms with van der Waals surface area (Å²) >= 11 is 0. The van der Waals surface area contributed by atoms with E-state index in [1.54, 1.807) is 0 Å². The first-order valence-electron chi connectivity index (χ1n) is 9.37. The second-order valence-corrected chi connectivity index (χ2v) is 7.07. The maximum Gasteiger partial charge on any atom is 0.251 e. The minimum atomic E-state index is -0.0000489. The van der Waals surface area contributed by atoms with Gasteiger partial charge in [0.05, 0.1) is 6.04 Å². The summed E-state index contributed by atoms with van der Waals surface area (Å²) in [5.41, 5.74) is 1.89. The number of nitrogens with one attached hydrogen (secondary N) is 1. The average molecular weight is 336 g/mol. The first kappa shape index (κ1) is 17.7. The van der Waals surface area contributed by atoms with Crippen molar-refractivity contribution in [1.82, 2.24) is 10.2 Å². The Balaban J connectivity index is 1.74. The summed E-state index contributed by atoms with van der Waals surface area (Å²) in [6, 6.07) is 19.8. The SMILES string of the molecule is C[C@@H](CN1CCCCC1)[C@@H](NC(=O)c1ccccc1)c1ccccc1. The van der Waals surface area contributed by atoms with E-state index in [0.29, 0.717) is 11.5 Å². The first-order chi connectivity index (χ1) is 12.2. The van der Waals surface area contributed by atoms with Crippen LogP contribution in [0.15, 0.2) is 60.7 Å². The number of nitrogens with zero attached hydrogens (tertiary/aromatic N) is 1. The Morgan fingerprint density at radius 3 is 2.20 bits per heavy atom. The molecule has 25 heavy (non-hydrogen) atoms. The van der Waals surface area contributed by atoms with Gasteiger partial charge in [-0.2, -0.15) is 0 Å². The van der Waals surface area contributed by atoms with Gasteiger partial charge in [-0.3, -0.25) is 4.79 Å². The highest BCUT2D eigenvalue weighted by molar-refractivity contribution is 5.94. The summed E-state index contributed by atoms with van der Waals surface area (Å²) in [7, 11) is 0. The van der Waals surface area contributed by atoms with E-state index in [1.807, 2.05) is 48.5 Å². The van der Waals surface area contributed by atoms with Crippen LogP contribution in [0.25, 0.3) is 0 Å². The Hall–Kier alpha value is -2.13. The fourth-order valence-corrected chi connectivity index (χ4v) is 3.68. The van der Waals surface area contributed by atoms with E-state index in [1.165, 1.54) is 37.9 Å². The van der Waals surface area contributed by atoms with Crippen molar-refractivity contribution >= 4 is 5.91 Å². The van der Waals surface area contributed by atoms with Crippen molar-refractivity contribution in [3.8, 4) is 0 Å². The normalized spacial score (nSPS) is 17.6. The molecule has 1 fully saturated rings. The first-order valence-corrected chi connectivity index (χ1v) is 9.37. The molecule has 1 heterocycles. The Bertz CT molecular complexity index is 650. The largest absolute Gasteiger partial charge is 0.345 e. The van der Waals surface area contributed by atoms with E-state index in [9.17, 15) is 4.79 Å². The van der Waals surface area contributed by atoms with Crippen LogP contribution in [0.2, 0.25) is 0 Å². The molecular formula is C22H28N2O. The number of amides is 1. The molecular weight excluding hydrogens is 308 g/mol. The third-order valence-electron chi connectivity index (χ3n) is 5.05. The van der Waals surface area contributed by atoms with Crippen LogP contribution in [0, 0.1) is 5.92 Å². The monoisotopic (exact) mass is 336 g/mol. The van der Waals surface area contributed by atoms with Crippen molar-refractivity contribution in [2.24, 2.45) is 5.92 Å². The Labute approximate surface area is 151 Å². The van der Waals surface area contributed by atoms with Gasteiger partial charge in [0.2, 0.25) is 0 Å². The maximum atomic E-state index is 12.7. The van der Waals surface area contributed by atoms with Gasteiger partial charge in [-0.15, -0.1) is 0 Å². The number of carbonyl (C=O) groups excluding carboxylic acids is 1. The van der Waals surface area contributed by atoms with Gasteiger partial charge in [0, 0.05) is 12.1 Å². The summed E-state index contributed by atoms with van der Waals surface area (Å²) in [5.74, 6) is 0.355. The van der Waals surface area contributed by atoms with E-state index in [-0.39, 0.29) is 11.9 Å². The fraction of sp³-hybridized carbons (Fsp3) is 0.409. The Morgan fingerprint density at radius 1 is 0.960 bits per heavy atom. The molecule has 2 aromatic rings. The summed E-state index contributed by atoms with van der Waals surface area (Å²) in [6.07, 6.45) is 3.93. The average Bonchev–Trinajstić information content (AvgIpc) is 2.68. The van der Waals surface area contributed by atoms with Gasteiger partial charge < -0.3 is 10.2 Å². The van der Waals surface area contributed by atoms with E-state index in [0.717, 1.165) is 6.54 Å². The highest BCUT2D eigenvalue weighted by Crippen LogP contribution is 2.24. The van der Waals surface area contributed by atoms with Crippen molar-refractivity contribution in [3.05, 3.63) is 71.8 Å². The van der Waals surface area contributed by atoms with Gasteiger partial charge in [0.15, 0.2) is 0 Å². The van der Waals surface area contributed by atoms with Crippen LogP contribution in [0.1, 0.15) is 48.1 Å². The molecule has 0 unspecified atom stereocenters. The van der Waals surface area contributed by atoms with Gasteiger partial charge >= 0.3 is 0 Å². The smallest absolute Gasteiger partial charge is 0.251 e. The van der Waals surface area contributed by atoms with Gasteiger partial charge in [0.1, 0.15) is 0 Å². The number of piperidine rings is 1. The number of hydrogen-bond donors (Lipinski definition) is 1.